The number of aromatic nitrogens is 3. The smallest absolute Gasteiger partial charge is 0.184 e. The van der Waals surface area contributed by atoms with Gasteiger partial charge in [-0.15, -0.1) is 0 Å². The van der Waals surface area contributed by atoms with E-state index >= 15 is 0 Å². The van der Waals surface area contributed by atoms with Crippen LogP contribution in [0.2, 0.25) is 0 Å². The summed E-state index contributed by atoms with van der Waals surface area (Å²) in [6, 6.07) is 1.94. The van der Waals surface area contributed by atoms with Gasteiger partial charge in [0.2, 0.25) is 0 Å². The van der Waals surface area contributed by atoms with E-state index in [2.05, 4.69) is 10.1 Å². The number of halogens is 2. The monoisotopic (exact) mass is 249 g/mol. The zero-order valence-corrected chi connectivity index (χ0v) is 9.35. The summed E-state index contributed by atoms with van der Waals surface area (Å²) in [4.78, 5) is 5.63. The van der Waals surface area contributed by atoms with Crippen molar-refractivity contribution >= 4 is 11.5 Å². The summed E-state index contributed by atoms with van der Waals surface area (Å²) in [5.74, 6) is -0.483. The molecule has 5 nitrogen and oxygen atoms in total. The SMILES string of the molecule is N#Cc1cnn2cc(F)c(N3CC[C@H](F)C3)nc12. The van der Waals surface area contributed by atoms with Gasteiger partial charge >= 0.3 is 0 Å². The minimum absolute atomic E-state index is 0.0830. The van der Waals surface area contributed by atoms with E-state index < -0.39 is 12.0 Å². The lowest BCUT2D eigenvalue weighted by Gasteiger charge is -2.16. The molecule has 3 rings (SSSR count). The number of nitrogens with zero attached hydrogens (tertiary/aromatic N) is 5. The highest BCUT2D eigenvalue weighted by Gasteiger charge is 2.26. The van der Waals surface area contributed by atoms with Gasteiger partial charge in [-0.05, 0) is 6.42 Å². The molecule has 0 saturated carbocycles. The van der Waals surface area contributed by atoms with Gasteiger partial charge in [-0.2, -0.15) is 10.4 Å². The van der Waals surface area contributed by atoms with Crippen molar-refractivity contribution in [2.75, 3.05) is 18.0 Å². The van der Waals surface area contributed by atoms with Crippen LogP contribution in [0, 0.1) is 17.1 Å². The highest BCUT2D eigenvalue weighted by molar-refractivity contribution is 5.58. The number of alkyl halides is 1. The summed E-state index contributed by atoms with van der Waals surface area (Å²) in [5.41, 5.74) is 0.559. The van der Waals surface area contributed by atoms with E-state index in [1.54, 1.807) is 4.90 Å². The molecule has 3 heterocycles. The van der Waals surface area contributed by atoms with Crippen molar-refractivity contribution in [1.82, 2.24) is 14.6 Å². The van der Waals surface area contributed by atoms with Crippen LogP contribution in [0.3, 0.4) is 0 Å². The molecule has 1 aliphatic rings. The number of nitriles is 1. The molecule has 0 amide bonds. The van der Waals surface area contributed by atoms with Crippen LogP contribution in [0.4, 0.5) is 14.6 Å². The quantitative estimate of drug-likeness (QED) is 0.764. The summed E-state index contributed by atoms with van der Waals surface area (Å²) >= 11 is 0. The second-order valence-electron chi connectivity index (χ2n) is 4.18. The zero-order valence-electron chi connectivity index (χ0n) is 9.35. The van der Waals surface area contributed by atoms with E-state index in [1.807, 2.05) is 6.07 Å². The average molecular weight is 249 g/mol. The molecule has 7 heteroatoms. The second kappa shape index (κ2) is 3.91. The van der Waals surface area contributed by atoms with Gasteiger partial charge in [0, 0.05) is 6.54 Å². The van der Waals surface area contributed by atoms with Gasteiger partial charge in [0.15, 0.2) is 17.3 Å². The maximum atomic E-state index is 13.8. The number of anilines is 1. The van der Waals surface area contributed by atoms with Gasteiger partial charge in [0.1, 0.15) is 17.8 Å². The summed E-state index contributed by atoms with van der Waals surface area (Å²) < 4.78 is 28.2. The molecular weight excluding hydrogens is 240 g/mol. The Hall–Kier alpha value is -2.23. The molecular formula is C11H9F2N5. The van der Waals surface area contributed by atoms with Crippen molar-refractivity contribution in [3.8, 4) is 6.07 Å². The molecule has 1 aliphatic heterocycles. The lowest BCUT2D eigenvalue weighted by atomic mass is 10.3. The Morgan fingerprint density at radius 2 is 2.33 bits per heavy atom. The van der Waals surface area contributed by atoms with Crippen molar-refractivity contribution < 1.29 is 8.78 Å². The molecule has 1 saturated heterocycles. The third-order valence-corrected chi connectivity index (χ3v) is 2.98. The summed E-state index contributed by atoms with van der Waals surface area (Å²) in [7, 11) is 0. The molecule has 1 atom stereocenters. The van der Waals surface area contributed by atoms with Gasteiger partial charge < -0.3 is 4.90 Å². The van der Waals surface area contributed by atoms with Crippen LogP contribution < -0.4 is 4.90 Å². The van der Waals surface area contributed by atoms with Gasteiger partial charge in [-0.3, -0.25) is 0 Å². The van der Waals surface area contributed by atoms with Crippen LogP contribution in [0.25, 0.3) is 5.65 Å². The first kappa shape index (κ1) is 10.9. The normalized spacial score (nSPS) is 19.4. The van der Waals surface area contributed by atoms with E-state index in [4.69, 9.17) is 5.26 Å². The zero-order chi connectivity index (χ0) is 12.7. The second-order valence-corrected chi connectivity index (χ2v) is 4.18. The minimum atomic E-state index is -0.956. The molecule has 92 valence electrons. The Balaban J connectivity index is 2.11. The Morgan fingerprint density at radius 1 is 1.50 bits per heavy atom. The van der Waals surface area contributed by atoms with Crippen molar-refractivity contribution in [2.45, 2.75) is 12.6 Å². The lowest BCUT2D eigenvalue weighted by molar-refractivity contribution is 0.364. The van der Waals surface area contributed by atoms with E-state index in [9.17, 15) is 8.78 Å². The third kappa shape index (κ3) is 1.57. The average Bonchev–Trinajstić information content (AvgIpc) is 2.93. The van der Waals surface area contributed by atoms with E-state index in [1.165, 1.54) is 10.7 Å². The highest BCUT2D eigenvalue weighted by Crippen LogP contribution is 2.24. The third-order valence-electron chi connectivity index (χ3n) is 2.98. The van der Waals surface area contributed by atoms with Crippen LogP contribution in [0.5, 0.6) is 0 Å². The largest absolute Gasteiger partial charge is 0.351 e. The fourth-order valence-corrected chi connectivity index (χ4v) is 2.09. The fraction of sp³-hybridized carbons (Fsp3) is 0.364. The number of rotatable bonds is 1. The maximum absolute atomic E-state index is 13.8. The van der Waals surface area contributed by atoms with Gasteiger partial charge in [-0.25, -0.2) is 18.3 Å². The standard InChI is InChI=1S/C11H9F2N5/c12-8-1-2-17(5-8)11-9(13)6-18-10(16-11)7(3-14)4-15-18/h4,6,8H,1-2,5H2/t8-/m0/s1. The van der Waals surface area contributed by atoms with Crippen LogP contribution in [0.15, 0.2) is 12.4 Å². The lowest BCUT2D eigenvalue weighted by Crippen LogP contribution is -2.23. The predicted octanol–water partition coefficient (Wildman–Crippen LogP) is 1.29. The number of fused-ring (bicyclic) bond motifs is 1. The van der Waals surface area contributed by atoms with Gasteiger partial charge in [-0.1, -0.05) is 0 Å². The minimum Gasteiger partial charge on any atom is -0.351 e. The van der Waals surface area contributed by atoms with Crippen LogP contribution in [-0.4, -0.2) is 33.9 Å². The van der Waals surface area contributed by atoms with E-state index in [0.29, 0.717) is 13.0 Å². The van der Waals surface area contributed by atoms with Crippen LogP contribution in [0.1, 0.15) is 12.0 Å². The van der Waals surface area contributed by atoms with E-state index in [0.717, 1.165) is 6.20 Å². The molecule has 0 spiro atoms. The number of hydrogen-bond donors (Lipinski definition) is 0. The molecule has 0 radical (unpaired) electrons. The van der Waals surface area contributed by atoms with Crippen molar-refractivity contribution in [3.63, 3.8) is 0 Å². The highest BCUT2D eigenvalue weighted by atomic mass is 19.1. The maximum Gasteiger partial charge on any atom is 0.184 e. The molecule has 0 aliphatic carbocycles. The molecule has 18 heavy (non-hydrogen) atoms. The van der Waals surface area contributed by atoms with Crippen LogP contribution >= 0.6 is 0 Å². The fourth-order valence-electron chi connectivity index (χ4n) is 2.09. The Labute approximate surface area is 101 Å². The number of hydrogen-bond acceptors (Lipinski definition) is 4. The molecule has 2 aromatic rings. The van der Waals surface area contributed by atoms with Crippen LogP contribution in [-0.2, 0) is 0 Å². The molecule has 1 fully saturated rings. The first-order valence-corrected chi connectivity index (χ1v) is 5.52. The Kier molecular flexibility index (Phi) is 2.37. The van der Waals surface area contributed by atoms with E-state index in [-0.39, 0.29) is 23.6 Å². The van der Waals surface area contributed by atoms with Crippen molar-refractivity contribution in [2.24, 2.45) is 0 Å². The first-order valence-electron chi connectivity index (χ1n) is 5.52. The topological polar surface area (TPSA) is 57.2 Å². The summed E-state index contributed by atoms with van der Waals surface area (Å²) in [5, 5.41) is 12.7. The summed E-state index contributed by atoms with van der Waals surface area (Å²) in [6.45, 7) is 0.563. The van der Waals surface area contributed by atoms with Crippen molar-refractivity contribution in [3.05, 3.63) is 23.8 Å². The molecule has 2 aromatic heterocycles. The molecule has 0 bridgehead atoms. The first-order chi connectivity index (χ1) is 8.69. The Morgan fingerprint density at radius 3 is 3.00 bits per heavy atom. The van der Waals surface area contributed by atoms with Gasteiger partial charge in [0.25, 0.3) is 0 Å². The van der Waals surface area contributed by atoms with Crippen molar-refractivity contribution in [1.29, 1.82) is 5.26 Å². The Bertz CT molecular complexity index is 645. The molecule has 0 aromatic carbocycles. The molecule has 0 N–H and O–H groups in total. The summed E-state index contributed by atoms with van der Waals surface area (Å²) in [6.07, 6.45) is 1.90. The predicted molar refractivity (Wildman–Crippen MR) is 59.4 cm³/mol. The van der Waals surface area contributed by atoms with Gasteiger partial charge in [0.05, 0.1) is 18.9 Å². The molecule has 0 unspecified atom stereocenters.